The van der Waals surface area contributed by atoms with Gasteiger partial charge in [-0.1, -0.05) is 29.3 Å². The van der Waals surface area contributed by atoms with E-state index in [0.717, 1.165) is 3.57 Å². The van der Waals surface area contributed by atoms with E-state index in [1.807, 2.05) is 12.1 Å². The Morgan fingerprint density at radius 3 is 2.32 bits per heavy atom. The SMILES string of the molecule is CN(CC(=O)Nc1c(Cl)cccc1Cl)C(=O)COc1ccc(I)cc1. The Morgan fingerprint density at radius 2 is 1.72 bits per heavy atom. The molecule has 0 atom stereocenters. The first kappa shape index (κ1) is 19.8. The molecule has 0 saturated heterocycles. The lowest BCUT2D eigenvalue weighted by molar-refractivity contribution is -0.135. The van der Waals surface area contributed by atoms with Crippen LogP contribution in [0.3, 0.4) is 0 Å². The summed E-state index contributed by atoms with van der Waals surface area (Å²) in [6.07, 6.45) is 0. The van der Waals surface area contributed by atoms with Crippen molar-refractivity contribution in [3.05, 3.63) is 56.1 Å². The molecule has 0 aliphatic rings. The molecule has 0 bridgehead atoms. The number of nitrogens with zero attached hydrogens (tertiary/aromatic N) is 1. The van der Waals surface area contributed by atoms with Crippen LogP contribution in [0.25, 0.3) is 0 Å². The Kier molecular flexibility index (Phi) is 7.34. The number of rotatable bonds is 6. The Morgan fingerprint density at radius 1 is 1.12 bits per heavy atom. The summed E-state index contributed by atoms with van der Waals surface area (Å²) in [5.41, 5.74) is 0.326. The van der Waals surface area contributed by atoms with Crippen LogP contribution in [0.5, 0.6) is 5.75 Å². The second kappa shape index (κ2) is 9.26. The highest BCUT2D eigenvalue weighted by Gasteiger charge is 2.15. The third-order valence-electron chi connectivity index (χ3n) is 3.21. The number of likely N-dealkylation sites (N-methyl/N-ethyl adjacent to an activating group) is 1. The summed E-state index contributed by atoms with van der Waals surface area (Å²) >= 11 is 14.2. The lowest BCUT2D eigenvalue weighted by atomic mass is 10.3. The van der Waals surface area contributed by atoms with E-state index in [9.17, 15) is 9.59 Å². The maximum absolute atomic E-state index is 12.1. The Bertz CT molecular complexity index is 749. The van der Waals surface area contributed by atoms with Gasteiger partial charge in [-0.3, -0.25) is 9.59 Å². The van der Waals surface area contributed by atoms with Gasteiger partial charge in [-0.25, -0.2) is 0 Å². The summed E-state index contributed by atoms with van der Waals surface area (Å²) < 4.78 is 6.49. The number of hydrogen-bond donors (Lipinski definition) is 1. The van der Waals surface area contributed by atoms with Crippen molar-refractivity contribution in [3.63, 3.8) is 0 Å². The van der Waals surface area contributed by atoms with Crippen LogP contribution in [0.15, 0.2) is 42.5 Å². The molecule has 132 valence electrons. The molecule has 0 aliphatic heterocycles. The molecule has 8 heteroatoms. The smallest absolute Gasteiger partial charge is 0.260 e. The predicted molar refractivity (Wildman–Crippen MR) is 107 cm³/mol. The van der Waals surface area contributed by atoms with E-state index in [1.165, 1.54) is 11.9 Å². The van der Waals surface area contributed by atoms with E-state index in [2.05, 4.69) is 27.9 Å². The average molecular weight is 493 g/mol. The Labute approximate surface area is 169 Å². The minimum absolute atomic E-state index is 0.142. The molecular formula is C17H15Cl2IN2O3. The quantitative estimate of drug-likeness (QED) is 0.618. The lowest BCUT2D eigenvalue weighted by Gasteiger charge is -2.17. The highest BCUT2D eigenvalue weighted by Crippen LogP contribution is 2.29. The van der Waals surface area contributed by atoms with Crippen molar-refractivity contribution >= 4 is 63.3 Å². The van der Waals surface area contributed by atoms with E-state index >= 15 is 0 Å². The van der Waals surface area contributed by atoms with Crippen LogP contribution in [-0.2, 0) is 9.59 Å². The summed E-state index contributed by atoms with van der Waals surface area (Å²) in [5, 5.41) is 3.27. The second-order valence-electron chi connectivity index (χ2n) is 5.14. The molecule has 1 N–H and O–H groups in total. The van der Waals surface area contributed by atoms with Gasteiger partial charge in [0.05, 0.1) is 22.3 Å². The molecule has 0 fully saturated rings. The zero-order valence-corrected chi connectivity index (χ0v) is 16.9. The first-order valence-corrected chi connectivity index (χ1v) is 9.06. The van der Waals surface area contributed by atoms with Crippen LogP contribution >= 0.6 is 45.8 Å². The summed E-state index contributed by atoms with van der Waals surface area (Å²) in [4.78, 5) is 25.4. The average Bonchev–Trinajstić information content (AvgIpc) is 2.57. The van der Waals surface area contributed by atoms with Crippen molar-refractivity contribution in [1.82, 2.24) is 4.90 Å². The number of benzene rings is 2. The van der Waals surface area contributed by atoms with Gasteiger partial charge >= 0.3 is 0 Å². The standard InChI is InChI=1S/C17H15Cl2IN2O3/c1-22(16(24)10-25-12-7-5-11(20)6-8-12)9-15(23)21-17-13(18)3-2-4-14(17)19/h2-8H,9-10H2,1H3,(H,21,23). The minimum atomic E-state index is -0.403. The van der Waals surface area contributed by atoms with Gasteiger partial charge < -0.3 is 15.0 Å². The molecule has 2 rings (SSSR count). The number of carbonyl (C=O) groups excluding carboxylic acids is 2. The monoisotopic (exact) mass is 492 g/mol. The van der Waals surface area contributed by atoms with E-state index in [1.54, 1.807) is 30.3 Å². The van der Waals surface area contributed by atoms with Crippen molar-refractivity contribution in [1.29, 1.82) is 0 Å². The van der Waals surface area contributed by atoms with Gasteiger partial charge in [0.1, 0.15) is 5.75 Å². The van der Waals surface area contributed by atoms with E-state index < -0.39 is 5.91 Å². The van der Waals surface area contributed by atoms with Crippen molar-refractivity contribution in [2.24, 2.45) is 0 Å². The molecule has 0 spiro atoms. The molecule has 0 aromatic heterocycles. The first-order valence-electron chi connectivity index (χ1n) is 7.23. The van der Waals surface area contributed by atoms with Gasteiger partial charge in [-0.2, -0.15) is 0 Å². The second-order valence-corrected chi connectivity index (χ2v) is 7.20. The highest BCUT2D eigenvalue weighted by molar-refractivity contribution is 14.1. The third-order valence-corrected chi connectivity index (χ3v) is 4.56. The Balaban J connectivity index is 1.85. The van der Waals surface area contributed by atoms with Crippen molar-refractivity contribution in [3.8, 4) is 5.75 Å². The summed E-state index contributed by atoms with van der Waals surface area (Å²) in [5.74, 6) is -0.131. The first-order chi connectivity index (χ1) is 11.9. The van der Waals surface area contributed by atoms with Gasteiger partial charge in [-0.15, -0.1) is 0 Å². The van der Waals surface area contributed by atoms with Gasteiger partial charge in [0.2, 0.25) is 5.91 Å². The zero-order chi connectivity index (χ0) is 18.4. The summed E-state index contributed by atoms with van der Waals surface area (Å²) in [6, 6.07) is 12.2. The number of carbonyl (C=O) groups is 2. The van der Waals surface area contributed by atoms with Crippen LogP contribution in [0, 0.1) is 3.57 Å². The normalized spacial score (nSPS) is 10.2. The van der Waals surface area contributed by atoms with Crippen LogP contribution < -0.4 is 10.1 Å². The van der Waals surface area contributed by atoms with Crippen molar-refractivity contribution < 1.29 is 14.3 Å². The maximum atomic E-state index is 12.1. The van der Waals surface area contributed by atoms with Gasteiger partial charge in [0.25, 0.3) is 5.91 Å². The fraction of sp³-hybridized carbons (Fsp3) is 0.176. The number of ether oxygens (including phenoxy) is 1. The van der Waals surface area contributed by atoms with Gasteiger partial charge in [0.15, 0.2) is 6.61 Å². The number of amides is 2. The van der Waals surface area contributed by atoms with E-state index in [4.69, 9.17) is 27.9 Å². The topological polar surface area (TPSA) is 58.6 Å². The zero-order valence-electron chi connectivity index (χ0n) is 13.3. The number of nitrogens with one attached hydrogen (secondary N) is 1. The van der Waals surface area contributed by atoms with Crippen LogP contribution in [-0.4, -0.2) is 36.9 Å². The summed E-state index contributed by atoms with van der Waals surface area (Å²) in [7, 11) is 1.52. The molecule has 0 radical (unpaired) electrons. The van der Waals surface area contributed by atoms with Crippen LogP contribution in [0.4, 0.5) is 5.69 Å². The predicted octanol–water partition coefficient (Wildman–Crippen LogP) is 4.07. The number of hydrogen-bond acceptors (Lipinski definition) is 3. The highest BCUT2D eigenvalue weighted by atomic mass is 127. The molecule has 2 aromatic rings. The molecular weight excluding hydrogens is 478 g/mol. The molecule has 2 aromatic carbocycles. The summed E-state index contributed by atoms with van der Waals surface area (Å²) in [6.45, 7) is -0.298. The molecule has 0 heterocycles. The third kappa shape index (κ3) is 6.05. The molecule has 5 nitrogen and oxygen atoms in total. The minimum Gasteiger partial charge on any atom is -0.484 e. The largest absolute Gasteiger partial charge is 0.484 e. The maximum Gasteiger partial charge on any atom is 0.260 e. The number of halogens is 3. The fourth-order valence-electron chi connectivity index (χ4n) is 1.89. The van der Waals surface area contributed by atoms with Crippen LogP contribution in [0.2, 0.25) is 10.0 Å². The van der Waals surface area contributed by atoms with Gasteiger partial charge in [-0.05, 0) is 59.0 Å². The lowest BCUT2D eigenvalue weighted by Crippen LogP contribution is -2.37. The fourth-order valence-corrected chi connectivity index (χ4v) is 2.74. The Hall–Kier alpha value is -1.51. The van der Waals surface area contributed by atoms with Crippen molar-refractivity contribution in [2.75, 3.05) is 25.5 Å². The van der Waals surface area contributed by atoms with E-state index in [-0.39, 0.29) is 19.1 Å². The molecule has 0 aliphatic carbocycles. The van der Waals surface area contributed by atoms with Crippen molar-refractivity contribution in [2.45, 2.75) is 0 Å². The molecule has 2 amide bonds. The number of anilines is 1. The molecule has 25 heavy (non-hydrogen) atoms. The molecule has 0 saturated carbocycles. The van der Waals surface area contributed by atoms with Crippen LogP contribution in [0.1, 0.15) is 0 Å². The molecule has 0 unspecified atom stereocenters. The van der Waals surface area contributed by atoms with E-state index in [0.29, 0.717) is 21.5 Å². The van der Waals surface area contributed by atoms with Gasteiger partial charge in [0, 0.05) is 10.6 Å². The number of para-hydroxylation sites is 1.